The monoisotopic (exact) mass is 757 g/mol. The Labute approximate surface area is 322 Å². The van der Waals surface area contributed by atoms with Crippen LogP contribution in [0.4, 0.5) is 0 Å². The molecule has 12 nitrogen and oxygen atoms in total. The van der Waals surface area contributed by atoms with Crippen molar-refractivity contribution in [3.63, 3.8) is 0 Å². The number of methoxy groups -OCH3 is 1. The highest BCUT2D eigenvalue weighted by Gasteiger charge is 2.49. The molecule has 4 aliphatic rings. The van der Waals surface area contributed by atoms with Gasteiger partial charge in [0.15, 0.2) is 0 Å². The van der Waals surface area contributed by atoms with Gasteiger partial charge in [0.1, 0.15) is 12.1 Å². The van der Waals surface area contributed by atoms with E-state index in [9.17, 15) is 14.4 Å². The summed E-state index contributed by atoms with van der Waals surface area (Å²) in [5.74, 6) is 0.450. The number of hydrogen-bond donors (Lipinski definition) is 3. The van der Waals surface area contributed by atoms with Gasteiger partial charge in [-0.15, -0.1) is 11.8 Å². The fourth-order valence-electron chi connectivity index (χ4n) is 8.33. The third kappa shape index (κ3) is 7.69. The molecule has 2 unspecified atom stereocenters. The Morgan fingerprint density at radius 3 is 2.74 bits per heavy atom. The van der Waals surface area contributed by atoms with Gasteiger partial charge in [-0.1, -0.05) is 33.8 Å². The molecule has 1 aliphatic carbocycles. The van der Waals surface area contributed by atoms with Gasteiger partial charge in [0.25, 0.3) is 5.91 Å². The van der Waals surface area contributed by atoms with E-state index in [1.165, 1.54) is 5.01 Å². The topological polar surface area (TPSA) is 139 Å². The molecule has 2 fully saturated rings. The summed E-state index contributed by atoms with van der Waals surface area (Å²) >= 11 is 1.65. The number of carbonyl (C=O) groups is 3. The summed E-state index contributed by atoms with van der Waals surface area (Å²) < 4.78 is 14.3. The minimum atomic E-state index is -0.802. The Hall–Kier alpha value is -3.78. The summed E-state index contributed by atoms with van der Waals surface area (Å²) in [6.45, 7) is 12.6. The number of benzene rings is 1. The summed E-state index contributed by atoms with van der Waals surface area (Å²) in [6, 6.07) is 9.19. The number of ether oxygens (including phenoxy) is 2. The quantitative estimate of drug-likeness (QED) is 0.264. The summed E-state index contributed by atoms with van der Waals surface area (Å²) in [6.07, 6.45) is 3.70. The number of amides is 2. The summed E-state index contributed by atoms with van der Waals surface area (Å²) in [5, 5.41) is 9.92. The average Bonchev–Trinajstić information content (AvgIpc) is 3.44. The van der Waals surface area contributed by atoms with Gasteiger partial charge in [0.2, 0.25) is 5.91 Å². The number of hydrogen-bond acceptors (Lipinski definition) is 10. The molecule has 2 amide bonds. The maximum Gasteiger partial charge on any atom is 0.324 e. The SMILES string of the molecule is CNCCn1c(-c2cccnc2[C@H](C)OC)c2c3cc(ccc31)C1CSC(=N1)C[C@H](NC(=O)C1[C@@H](C)[C@H]1C)C(=O)N1CCC[C@H](N1)C(=O)OCC(C)(C)C2. The van der Waals surface area contributed by atoms with Gasteiger partial charge in [0, 0.05) is 72.9 Å². The van der Waals surface area contributed by atoms with Crippen molar-refractivity contribution in [2.75, 3.05) is 39.6 Å². The number of pyridine rings is 1. The second kappa shape index (κ2) is 15.8. The lowest BCUT2D eigenvalue weighted by Crippen LogP contribution is -2.60. The normalized spacial score (nSPS) is 27.6. The number of cyclic esters (lactones) is 1. The van der Waals surface area contributed by atoms with Gasteiger partial charge in [-0.25, -0.2) is 5.43 Å². The standard InChI is InChI=1S/C41H55N7O5S/c1-23-24(2)35(23)38(49)45-31-19-34-44-32(21-54-34)26-12-13-33-28(18-26)29(20-41(4,5)22-53-40(51)30-11-9-16-48(46-30)39(31)50)37(47(33)17-15-42-6)27-10-8-14-43-36(27)25(3)52-7/h8,10,12-14,18,23-25,30-32,35,42,46H,9,11,15-17,19-22H2,1-7H3,(H,45,49)/t23-,24+,25-,30-,31-,32?,35?/m0/s1. The molecule has 3 N–H and O–H groups in total. The first-order valence-corrected chi connectivity index (χ1v) is 20.4. The van der Waals surface area contributed by atoms with Crippen LogP contribution in [0.15, 0.2) is 41.5 Å². The first-order valence-electron chi connectivity index (χ1n) is 19.4. The zero-order chi connectivity index (χ0) is 38.3. The number of aromatic nitrogens is 2. The van der Waals surface area contributed by atoms with Crippen LogP contribution in [0, 0.1) is 23.2 Å². The number of hydrazine groups is 1. The summed E-state index contributed by atoms with van der Waals surface area (Å²) in [7, 11) is 3.67. The van der Waals surface area contributed by atoms with Crippen LogP contribution in [-0.2, 0) is 36.8 Å². The average molecular weight is 758 g/mol. The lowest BCUT2D eigenvalue weighted by atomic mass is 9.84. The molecule has 1 aromatic carbocycles. The molecule has 54 heavy (non-hydrogen) atoms. The first-order chi connectivity index (χ1) is 25.9. The third-order valence-corrected chi connectivity index (χ3v) is 12.9. The molecule has 290 valence electrons. The molecule has 1 saturated carbocycles. The van der Waals surface area contributed by atoms with Crippen LogP contribution < -0.4 is 16.1 Å². The molecule has 3 aliphatic heterocycles. The molecule has 2 aromatic heterocycles. The van der Waals surface area contributed by atoms with E-state index in [0.717, 1.165) is 62.9 Å². The number of thioether (sulfide) groups is 1. The van der Waals surface area contributed by atoms with Crippen molar-refractivity contribution < 1.29 is 23.9 Å². The maximum atomic E-state index is 14.1. The Balaban J connectivity index is 1.35. The van der Waals surface area contributed by atoms with Crippen molar-refractivity contribution >= 4 is 45.5 Å². The van der Waals surface area contributed by atoms with Crippen molar-refractivity contribution in [2.24, 2.45) is 28.2 Å². The number of rotatable bonds is 8. The van der Waals surface area contributed by atoms with Gasteiger partial charge in [-0.05, 0) is 80.5 Å². The molecule has 0 radical (unpaired) electrons. The van der Waals surface area contributed by atoms with Crippen LogP contribution in [0.1, 0.15) is 82.8 Å². The fraction of sp³-hybridized carbons (Fsp3) is 0.585. The van der Waals surface area contributed by atoms with Crippen molar-refractivity contribution in [1.82, 2.24) is 30.6 Å². The molecule has 7 rings (SSSR count). The molecule has 1 saturated heterocycles. The van der Waals surface area contributed by atoms with Crippen molar-refractivity contribution in [1.29, 1.82) is 0 Å². The van der Waals surface area contributed by atoms with Crippen LogP contribution in [0.5, 0.6) is 0 Å². The molecule has 0 spiro atoms. The minimum Gasteiger partial charge on any atom is -0.464 e. The fourth-order valence-corrected chi connectivity index (χ4v) is 9.44. The highest BCUT2D eigenvalue weighted by atomic mass is 32.2. The summed E-state index contributed by atoms with van der Waals surface area (Å²) in [5.41, 5.74) is 9.06. The molecule has 7 atom stereocenters. The molecule has 3 aromatic rings. The second-order valence-corrected chi connectivity index (χ2v) is 17.4. The third-order valence-electron chi connectivity index (χ3n) is 11.8. The lowest BCUT2D eigenvalue weighted by molar-refractivity contribution is -0.155. The van der Waals surface area contributed by atoms with Crippen molar-refractivity contribution in [2.45, 2.75) is 91.1 Å². The number of likely N-dealkylation sites (N-methyl/N-ethyl adjacent to an activating group) is 1. The van der Waals surface area contributed by atoms with Gasteiger partial charge < -0.3 is 24.7 Å². The second-order valence-electron chi connectivity index (χ2n) is 16.3. The van der Waals surface area contributed by atoms with E-state index < -0.39 is 17.5 Å². The summed E-state index contributed by atoms with van der Waals surface area (Å²) in [4.78, 5) is 51.3. The molecule has 5 heterocycles. The number of aliphatic imine (C=N–C) groups is 1. The van der Waals surface area contributed by atoms with Gasteiger partial charge in [0.05, 0.1) is 35.2 Å². The largest absolute Gasteiger partial charge is 0.464 e. The Morgan fingerprint density at radius 2 is 2.00 bits per heavy atom. The minimum absolute atomic E-state index is 0.0981. The Morgan fingerprint density at radius 1 is 1.20 bits per heavy atom. The van der Waals surface area contributed by atoms with Gasteiger partial charge >= 0.3 is 5.97 Å². The number of nitrogens with zero attached hydrogens (tertiary/aromatic N) is 4. The van der Waals surface area contributed by atoms with E-state index in [-0.39, 0.29) is 54.3 Å². The van der Waals surface area contributed by atoms with E-state index in [0.29, 0.717) is 32.2 Å². The first kappa shape index (κ1) is 38.5. The van der Waals surface area contributed by atoms with Crippen molar-refractivity contribution in [3.8, 4) is 11.3 Å². The van der Waals surface area contributed by atoms with E-state index in [2.05, 4.69) is 72.6 Å². The van der Waals surface area contributed by atoms with Gasteiger partial charge in [-0.3, -0.25) is 29.4 Å². The van der Waals surface area contributed by atoms with E-state index in [4.69, 9.17) is 19.5 Å². The van der Waals surface area contributed by atoms with Crippen molar-refractivity contribution in [3.05, 3.63) is 53.3 Å². The predicted molar refractivity (Wildman–Crippen MR) is 212 cm³/mol. The highest BCUT2D eigenvalue weighted by molar-refractivity contribution is 8.14. The van der Waals surface area contributed by atoms with Crippen LogP contribution in [0.2, 0.25) is 0 Å². The number of fused-ring (bicyclic) bond motifs is 5. The van der Waals surface area contributed by atoms with Crippen LogP contribution in [-0.4, -0.2) is 89.1 Å². The van der Waals surface area contributed by atoms with Crippen LogP contribution in [0.25, 0.3) is 22.2 Å². The smallest absolute Gasteiger partial charge is 0.324 e. The number of nitrogens with one attached hydrogen (secondary N) is 3. The zero-order valence-electron chi connectivity index (χ0n) is 32.6. The van der Waals surface area contributed by atoms with E-state index in [1.807, 2.05) is 26.2 Å². The predicted octanol–water partition coefficient (Wildman–Crippen LogP) is 5.21. The Bertz CT molecular complexity index is 1940. The maximum absolute atomic E-state index is 14.1. The van der Waals surface area contributed by atoms with Crippen LogP contribution >= 0.6 is 11.8 Å². The zero-order valence-corrected chi connectivity index (χ0v) is 33.4. The molecule has 6 bridgehead atoms. The number of carbonyl (C=O) groups excluding carboxylic acids is 3. The molecular weight excluding hydrogens is 703 g/mol. The lowest BCUT2D eigenvalue weighted by Gasteiger charge is -2.35. The van der Waals surface area contributed by atoms with E-state index in [1.54, 1.807) is 18.9 Å². The van der Waals surface area contributed by atoms with Crippen LogP contribution in [0.3, 0.4) is 0 Å². The number of esters is 1. The Kier molecular flexibility index (Phi) is 11.2. The molecular formula is C41H55N7O5S. The van der Waals surface area contributed by atoms with Gasteiger partial charge in [-0.2, -0.15) is 0 Å². The highest BCUT2D eigenvalue weighted by Crippen LogP contribution is 2.46. The molecule has 13 heteroatoms. The van der Waals surface area contributed by atoms with E-state index >= 15 is 0 Å².